The fraction of sp³-hybridized carbons (Fsp3) is 0.261. The summed E-state index contributed by atoms with van der Waals surface area (Å²) in [6.45, 7) is 2.88. The van der Waals surface area contributed by atoms with Gasteiger partial charge in [0.05, 0.1) is 6.61 Å². The number of hydrogen-bond donors (Lipinski definition) is 1. The third-order valence-corrected chi connectivity index (χ3v) is 4.42. The molecule has 1 unspecified atom stereocenters. The van der Waals surface area contributed by atoms with Crippen molar-refractivity contribution in [1.29, 1.82) is 0 Å². The first kappa shape index (κ1) is 19.2. The highest BCUT2D eigenvalue weighted by atomic mass is 16.7. The lowest BCUT2D eigenvalue weighted by Crippen LogP contribution is -2.29. The summed E-state index contributed by atoms with van der Waals surface area (Å²) in [5, 5.41) is 5.29. The second-order valence-corrected chi connectivity index (χ2v) is 6.57. The maximum Gasteiger partial charge on any atom is 0.0781 e. The fourth-order valence-electron chi connectivity index (χ4n) is 3.03. The van der Waals surface area contributed by atoms with Crippen LogP contribution < -0.4 is 5.32 Å². The van der Waals surface area contributed by atoms with E-state index in [2.05, 4.69) is 64.9 Å². The molecule has 0 saturated heterocycles. The van der Waals surface area contributed by atoms with Crippen molar-refractivity contribution in [3.63, 3.8) is 0 Å². The molecule has 0 bridgehead atoms. The molecule has 0 saturated carbocycles. The molecule has 0 aliphatic carbocycles. The molecule has 1 heterocycles. The van der Waals surface area contributed by atoms with Crippen molar-refractivity contribution in [1.82, 2.24) is 15.4 Å². The van der Waals surface area contributed by atoms with Gasteiger partial charge in [-0.05, 0) is 30.3 Å². The Morgan fingerprint density at radius 3 is 1.96 bits per heavy atom. The Morgan fingerprint density at radius 1 is 0.852 bits per heavy atom. The summed E-state index contributed by atoms with van der Waals surface area (Å²) in [7, 11) is 1.96. The van der Waals surface area contributed by atoms with Crippen LogP contribution >= 0.6 is 0 Å². The lowest BCUT2D eigenvalue weighted by atomic mass is 10.1. The molecular formula is C23H27N3O. The van der Waals surface area contributed by atoms with Crippen LogP contribution in [-0.2, 0) is 17.9 Å². The minimum atomic E-state index is 0.199. The van der Waals surface area contributed by atoms with Crippen LogP contribution in [0.15, 0.2) is 85.1 Å². The van der Waals surface area contributed by atoms with Crippen molar-refractivity contribution < 1.29 is 4.84 Å². The minimum Gasteiger partial charge on any atom is -0.319 e. The first-order chi connectivity index (χ1) is 13.3. The molecule has 3 rings (SSSR count). The summed E-state index contributed by atoms with van der Waals surface area (Å²) in [5.41, 5.74) is 3.51. The molecule has 0 aliphatic rings. The largest absolute Gasteiger partial charge is 0.319 e. The average molecular weight is 361 g/mol. The molecule has 140 valence electrons. The van der Waals surface area contributed by atoms with Gasteiger partial charge in [0.2, 0.25) is 0 Å². The number of hydroxylamine groups is 2. The molecule has 1 atom stereocenters. The van der Waals surface area contributed by atoms with Gasteiger partial charge in [-0.2, -0.15) is 5.06 Å². The van der Waals surface area contributed by atoms with Crippen molar-refractivity contribution in [2.24, 2.45) is 0 Å². The quantitative estimate of drug-likeness (QED) is 0.554. The maximum absolute atomic E-state index is 6.27. The molecule has 0 radical (unpaired) electrons. The van der Waals surface area contributed by atoms with E-state index < -0.39 is 0 Å². The van der Waals surface area contributed by atoms with E-state index in [-0.39, 0.29) is 5.92 Å². The number of benzene rings is 2. The summed E-state index contributed by atoms with van der Waals surface area (Å²) in [4.78, 5) is 10.8. The maximum atomic E-state index is 6.27. The van der Waals surface area contributed by atoms with E-state index in [4.69, 9.17) is 4.84 Å². The van der Waals surface area contributed by atoms with Gasteiger partial charge in [0.25, 0.3) is 0 Å². The van der Waals surface area contributed by atoms with Crippen molar-refractivity contribution in [3.05, 3.63) is 102 Å². The molecule has 4 nitrogen and oxygen atoms in total. The predicted octanol–water partition coefficient (Wildman–Crippen LogP) is 4.02. The molecule has 0 amide bonds. The van der Waals surface area contributed by atoms with Crippen LogP contribution in [0.4, 0.5) is 0 Å². The number of pyridine rings is 1. The van der Waals surface area contributed by atoms with Crippen LogP contribution in [0, 0.1) is 0 Å². The summed E-state index contributed by atoms with van der Waals surface area (Å²) in [5.74, 6) is 0.199. The van der Waals surface area contributed by atoms with Gasteiger partial charge in [-0.15, -0.1) is 0 Å². The lowest BCUT2D eigenvalue weighted by molar-refractivity contribution is -0.178. The number of nitrogens with one attached hydrogen (secondary N) is 1. The van der Waals surface area contributed by atoms with Gasteiger partial charge in [-0.25, -0.2) is 0 Å². The van der Waals surface area contributed by atoms with Gasteiger partial charge in [-0.3, -0.25) is 9.82 Å². The molecule has 0 aliphatic heterocycles. The molecule has 3 aromatic rings. The van der Waals surface area contributed by atoms with Gasteiger partial charge in [0, 0.05) is 37.4 Å². The van der Waals surface area contributed by atoms with Gasteiger partial charge < -0.3 is 5.32 Å². The fourth-order valence-corrected chi connectivity index (χ4v) is 3.03. The van der Waals surface area contributed by atoms with E-state index in [1.54, 1.807) is 0 Å². The van der Waals surface area contributed by atoms with Crippen LogP contribution in [0.1, 0.15) is 22.7 Å². The SMILES string of the molecule is CNCC(CON(Cc1ccccc1)Cc1ccccc1)c1ccccn1. The van der Waals surface area contributed by atoms with Crippen molar-refractivity contribution in [2.45, 2.75) is 19.0 Å². The number of hydrogen-bond acceptors (Lipinski definition) is 4. The summed E-state index contributed by atoms with van der Waals surface area (Å²) in [6, 6.07) is 26.9. The molecular weight excluding hydrogens is 334 g/mol. The van der Waals surface area contributed by atoms with Crippen LogP contribution in [0.5, 0.6) is 0 Å². The molecule has 1 N–H and O–H groups in total. The lowest BCUT2D eigenvalue weighted by Gasteiger charge is -2.25. The minimum absolute atomic E-state index is 0.199. The van der Waals surface area contributed by atoms with Crippen LogP contribution in [0.25, 0.3) is 0 Å². The second kappa shape index (κ2) is 10.6. The average Bonchev–Trinajstić information content (AvgIpc) is 2.73. The smallest absolute Gasteiger partial charge is 0.0781 e. The van der Waals surface area contributed by atoms with E-state index in [0.717, 1.165) is 25.3 Å². The standard InChI is InChI=1S/C23H27N3O/c1-24-16-22(23-14-8-9-15-25-23)19-27-26(17-20-10-4-2-5-11-20)18-21-12-6-3-7-13-21/h2-15,22,24H,16-19H2,1H3. The first-order valence-corrected chi connectivity index (χ1v) is 9.36. The molecule has 0 spiro atoms. The van der Waals surface area contributed by atoms with Crippen molar-refractivity contribution in [3.8, 4) is 0 Å². The zero-order valence-electron chi connectivity index (χ0n) is 15.8. The molecule has 4 heteroatoms. The Morgan fingerprint density at radius 2 is 1.44 bits per heavy atom. The molecule has 2 aromatic carbocycles. The van der Waals surface area contributed by atoms with E-state index in [9.17, 15) is 0 Å². The Bertz CT molecular complexity index is 724. The number of nitrogens with zero attached hydrogens (tertiary/aromatic N) is 2. The van der Waals surface area contributed by atoms with E-state index in [1.807, 2.05) is 42.6 Å². The third kappa shape index (κ3) is 6.29. The molecule has 1 aromatic heterocycles. The van der Waals surface area contributed by atoms with Gasteiger partial charge in [-0.1, -0.05) is 66.7 Å². The van der Waals surface area contributed by atoms with Crippen LogP contribution in [0.3, 0.4) is 0 Å². The van der Waals surface area contributed by atoms with Gasteiger partial charge >= 0.3 is 0 Å². The third-order valence-electron chi connectivity index (χ3n) is 4.42. The Kier molecular flexibility index (Phi) is 7.54. The highest BCUT2D eigenvalue weighted by molar-refractivity contribution is 5.16. The van der Waals surface area contributed by atoms with Crippen molar-refractivity contribution >= 4 is 0 Å². The topological polar surface area (TPSA) is 37.4 Å². The normalized spacial score (nSPS) is 12.2. The Labute approximate surface area is 161 Å². The zero-order valence-corrected chi connectivity index (χ0v) is 15.8. The highest BCUT2D eigenvalue weighted by Gasteiger charge is 2.16. The highest BCUT2D eigenvalue weighted by Crippen LogP contribution is 2.16. The monoisotopic (exact) mass is 361 g/mol. The second-order valence-electron chi connectivity index (χ2n) is 6.57. The molecule has 27 heavy (non-hydrogen) atoms. The van der Waals surface area contributed by atoms with Gasteiger partial charge in [0.1, 0.15) is 0 Å². The Hall–Kier alpha value is -2.53. The first-order valence-electron chi connectivity index (χ1n) is 9.36. The van der Waals surface area contributed by atoms with Crippen LogP contribution in [0.2, 0.25) is 0 Å². The number of likely N-dealkylation sites (N-methyl/N-ethyl adjacent to an activating group) is 1. The molecule has 0 fully saturated rings. The predicted molar refractivity (Wildman–Crippen MR) is 109 cm³/mol. The zero-order chi connectivity index (χ0) is 18.7. The Balaban J connectivity index is 1.69. The van der Waals surface area contributed by atoms with Crippen molar-refractivity contribution in [2.75, 3.05) is 20.2 Å². The van der Waals surface area contributed by atoms with E-state index >= 15 is 0 Å². The summed E-state index contributed by atoms with van der Waals surface area (Å²) < 4.78 is 0. The van der Waals surface area contributed by atoms with E-state index in [0.29, 0.717) is 6.61 Å². The summed E-state index contributed by atoms with van der Waals surface area (Å²) in [6.07, 6.45) is 1.84. The summed E-state index contributed by atoms with van der Waals surface area (Å²) >= 11 is 0. The number of rotatable bonds is 10. The van der Waals surface area contributed by atoms with Gasteiger partial charge in [0.15, 0.2) is 0 Å². The number of aromatic nitrogens is 1. The van der Waals surface area contributed by atoms with E-state index in [1.165, 1.54) is 11.1 Å². The van der Waals surface area contributed by atoms with Crippen LogP contribution in [-0.4, -0.2) is 30.2 Å².